The molecule has 0 aromatic heterocycles. The van der Waals surface area contributed by atoms with E-state index in [0.29, 0.717) is 22.1 Å². The minimum Gasteiger partial charge on any atom is -0.504 e. The first kappa shape index (κ1) is 20.7. The van der Waals surface area contributed by atoms with Crippen molar-refractivity contribution < 1.29 is 14.6 Å². The molecule has 2 aromatic carbocycles. The number of aromatic hydroxyl groups is 1. The second-order valence-corrected chi connectivity index (χ2v) is 9.05. The molecule has 1 unspecified atom stereocenters. The molecule has 6 heteroatoms. The molecule has 3 atom stereocenters. The van der Waals surface area contributed by atoms with Crippen molar-refractivity contribution in [3.63, 3.8) is 0 Å². The Bertz CT molecular complexity index is 931. The predicted molar refractivity (Wildman–Crippen MR) is 122 cm³/mol. The number of hydrogen-bond acceptors (Lipinski definition) is 5. The van der Waals surface area contributed by atoms with E-state index in [4.69, 9.17) is 4.74 Å². The van der Waals surface area contributed by atoms with E-state index in [1.165, 1.54) is 25.3 Å². The first-order valence-corrected chi connectivity index (χ1v) is 11.3. The van der Waals surface area contributed by atoms with Crippen molar-refractivity contribution in [2.75, 3.05) is 12.4 Å². The zero-order valence-corrected chi connectivity index (χ0v) is 18.2. The third-order valence-electron chi connectivity index (χ3n) is 5.96. The average molecular weight is 425 g/mol. The number of rotatable bonds is 5. The SMILES string of the molecule is COc1cccc(/C=C2\SC(Nc3ccccc3)N([C@H]3CCCC[C@@H]3C)C2=O)c1O. The van der Waals surface area contributed by atoms with Crippen LogP contribution < -0.4 is 10.1 Å². The monoisotopic (exact) mass is 424 g/mol. The molecule has 2 aromatic rings. The van der Waals surface area contributed by atoms with Crippen LogP contribution in [0.15, 0.2) is 53.4 Å². The Morgan fingerprint density at radius 1 is 1.13 bits per heavy atom. The van der Waals surface area contributed by atoms with Crippen LogP contribution in [0.2, 0.25) is 0 Å². The highest BCUT2D eigenvalue weighted by atomic mass is 32.2. The van der Waals surface area contributed by atoms with Gasteiger partial charge in [0.05, 0.1) is 12.0 Å². The Labute approximate surface area is 182 Å². The Morgan fingerprint density at radius 3 is 2.63 bits per heavy atom. The van der Waals surface area contributed by atoms with Crippen LogP contribution in [0.3, 0.4) is 0 Å². The van der Waals surface area contributed by atoms with Crippen LogP contribution in [0, 0.1) is 5.92 Å². The molecule has 2 aliphatic rings. The van der Waals surface area contributed by atoms with E-state index < -0.39 is 0 Å². The van der Waals surface area contributed by atoms with E-state index in [9.17, 15) is 9.90 Å². The molecule has 30 heavy (non-hydrogen) atoms. The molecule has 158 valence electrons. The summed E-state index contributed by atoms with van der Waals surface area (Å²) in [5.74, 6) is 0.941. The lowest BCUT2D eigenvalue weighted by molar-refractivity contribution is -0.129. The highest BCUT2D eigenvalue weighted by Crippen LogP contribution is 2.43. The number of amides is 1. The molecule has 0 radical (unpaired) electrons. The van der Waals surface area contributed by atoms with Gasteiger partial charge in [0.1, 0.15) is 0 Å². The van der Waals surface area contributed by atoms with Gasteiger partial charge in [0.2, 0.25) is 0 Å². The number of phenols is 1. The lowest BCUT2D eigenvalue weighted by atomic mass is 9.85. The molecule has 1 saturated carbocycles. The summed E-state index contributed by atoms with van der Waals surface area (Å²) in [5.41, 5.74) is 1.40. The summed E-state index contributed by atoms with van der Waals surface area (Å²) in [5, 5.41) is 14.0. The van der Waals surface area contributed by atoms with Gasteiger partial charge in [-0.1, -0.05) is 61.9 Å². The molecule has 5 nitrogen and oxygen atoms in total. The third kappa shape index (κ3) is 4.15. The summed E-state index contributed by atoms with van der Waals surface area (Å²) >= 11 is 1.51. The fourth-order valence-electron chi connectivity index (χ4n) is 4.33. The van der Waals surface area contributed by atoms with Crippen molar-refractivity contribution in [2.45, 2.75) is 44.1 Å². The lowest BCUT2D eigenvalue weighted by Crippen LogP contribution is -2.48. The Hall–Kier alpha value is -2.60. The Balaban J connectivity index is 1.67. The molecule has 2 fully saturated rings. The molecule has 1 aliphatic heterocycles. The molecule has 0 bridgehead atoms. The number of hydrogen-bond donors (Lipinski definition) is 2. The molecule has 4 rings (SSSR count). The quantitative estimate of drug-likeness (QED) is 0.639. The number of para-hydroxylation sites is 2. The van der Waals surface area contributed by atoms with Crippen LogP contribution in [-0.4, -0.2) is 34.6 Å². The summed E-state index contributed by atoms with van der Waals surface area (Å²) in [4.78, 5) is 16.2. The summed E-state index contributed by atoms with van der Waals surface area (Å²) in [6, 6.07) is 15.5. The standard InChI is InChI=1S/C24H28N2O3S/c1-16-9-6-7-13-19(16)26-23(28)21(15-17-10-8-14-20(29-2)22(17)27)30-24(26)25-18-11-4-3-5-12-18/h3-5,8,10-12,14-16,19,24-25,27H,6-7,9,13H2,1-2H3/b21-15-/t16-,19-,24?/m0/s1. The summed E-state index contributed by atoms with van der Waals surface area (Å²) in [7, 11) is 1.52. The molecular formula is C24H28N2O3S. The van der Waals surface area contributed by atoms with Gasteiger partial charge in [0.15, 0.2) is 17.0 Å². The number of methoxy groups -OCH3 is 1. The largest absolute Gasteiger partial charge is 0.504 e. The van der Waals surface area contributed by atoms with Crippen molar-refractivity contribution in [1.29, 1.82) is 0 Å². The molecule has 1 heterocycles. The van der Waals surface area contributed by atoms with Crippen molar-refractivity contribution in [3.05, 3.63) is 59.0 Å². The third-order valence-corrected chi connectivity index (χ3v) is 7.08. The van der Waals surface area contributed by atoms with E-state index in [1.54, 1.807) is 18.2 Å². The molecule has 0 spiro atoms. The number of phenolic OH excluding ortho intramolecular Hbond substituents is 1. The summed E-state index contributed by atoms with van der Waals surface area (Å²) in [6.07, 6.45) is 6.32. The summed E-state index contributed by atoms with van der Waals surface area (Å²) < 4.78 is 5.21. The topological polar surface area (TPSA) is 61.8 Å². The van der Waals surface area contributed by atoms with E-state index in [2.05, 4.69) is 12.2 Å². The minimum absolute atomic E-state index is 0.0226. The molecule has 1 aliphatic carbocycles. The lowest BCUT2D eigenvalue weighted by Gasteiger charge is -2.39. The first-order valence-electron chi connectivity index (χ1n) is 10.5. The average Bonchev–Trinajstić information content (AvgIpc) is 3.05. The van der Waals surface area contributed by atoms with Crippen LogP contribution in [0.25, 0.3) is 6.08 Å². The van der Waals surface area contributed by atoms with Crippen LogP contribution in [0.1, 0.15) is 38.2 Å². The van der Waals surface area contributed by atoms with Gasteiger partial charge in [0, 0.05) is 17.3 Å². The van der Waals surface area contributed by atoms with Gasteiger partial charge in [-0.2, -0.15) is 0 Å². The van der Waals surface area contributed by atoms with Crippen LogP contribution in [0.4, 0.5) is 5.69 Å². The molecule has 1 amide bonds. The van der Waals surface area contributed by atoms with E-state index in [1.807, 2.05) is 41.3 Å². The number of ether oxygens (including phenoxy) is 1. The van der Waals surface area contributed by atoms with E-state index >= 15 is 0 Å². The fraction of sp³-hybridized carbons (Fsp3) is 0.375. The number of nitrogens with zero attached hydrogens (tertiary/aromatic N) is 1. The van der Waals surface area contributed by atoms with Crippen LogP contribution in [0.5, 0.6) is 11.5 Å². The Morgan fingerprint density at radius 2 is 1.90 bits per heavy atom. The maximum Gasteiger partial charge on any atom is 0.262 e. The predicted octanol–water partition coefficient (Wildman–Crippen LogP) is 5.29. The number of anilines is 1. The van der Waals surface area contributed by atoms with Gasteiger partial charge in [0.25, 0.3) is 5.91 Å². The van der Waals surface area contributed by atoms with Gasteiger partial charge in [-0.3, -0.25) is 4.79 Å². The molecular weight excluding hydrogens is 396 g/mol. The number of thioether (sulfide) groups is 1. The highest BCUT2D eigenvalue weighted by molar-refractivity contribution is 8.05. The second-order valence-electron chi connectivity index (χ2n) is 7.93. The van der Waals surface area contributed by atoms with Crippen LogP contribution >= 0.6 is 11.8 Å². The summed E-state index contributed by atoms with van der Waals surface area (Å²) in [6.45, 7) is 2.25. The van der Waals surface area contributed by atoms with Gasteiger partial charge in [-0.25, -0.2) is 0 Å². The van der Waals surface area contributed by atoms with E-state index in [0.717, 1.165) is 24.9 Å². The minimum atomic E-state index is -0.176. The van der Waals surface area contributed by atoms with E-state index in [-0.39, 0.29) is 23.2 Å². The zero-order chi connectivity index (χ0) is 21.1. The number of benzene rings is 2. The van der Waals surface area contributed by atoms with Crippen molar-refractivity contribution in [3.8, 4) is 11.5 Å². The number of carbonyl (C=O) groups is 1. The van der Waals surface area contributed by atoms with Crippen molar-refractivity contribution in [1.82, 2.24) is 4.90 Å². The van der Waals surface area contributed by atoms with Crippen molar-refractivity contribution >= 4 is 29.4 Å². The number of nitrogens with one attached hydrogen (secondary N) is 1. The fourth-order valence-corrected chi connectivity index (χ4v) is 5.53. The Kier molecular flexibility index (Phi) is 6.23. The smallest absolute Gasteiger partial charge is 0.262 e. The van der Waals surface area contributed by atoms with Crippen LogP contribution in [-0.2, 0) is 4.79 Å². The normalized spacial score (nSPS) is 25.5. The van der Waals surface area contributed by atoms with Gasteiger partial charge in [-0.15, -0.1) is 0 Å². The number of carbonyl (C=O) groups excluding carboxylic acids is 1. The zero-order valence-electron chi connectivity index (χ0n) is 17.4. The van der Waals surface area contributed by atoms with Crippen molar-refractivity contribution in [2.24, 2.45) is 5.92 Å². The maximum atomic E-state index is 13.5. The van der Waals surface area contributed by atoms with Gasteiger partial charge < -0.3 is 20.1 Å². The molecule has 1 saturated heterocycles. The van der Waals surface area contributed by atoms with Gasteiger partial charge in [-0.05, 0) is 43.0 Å². The first-order chi connectivity index (χ1) is 14.6. The second kappa shape index (κ2) is 9.04. The highest BCUT2D eigenvalue weighted by Gasteiger charge is 2.43. The maximum absolute atomic E-state index is 13.5. The van der Waals surface area contributed by atoms with Gasteiger partial charge >= 0.3 is 0 Å². The molecule has 2 N–H and O–H groups in total.